The highest BCUT2D eigenvalue weighted by atomic mass is 35.5. The molecule has 1 aromatic heterocycles. The molecule has 20 heavy (non-hydrogen) atoms. The lowest BCUT2D eigenvalue weighted by Crippen LogP contribution is -2.33. The lowest BCUT2D eigenvalue weighted by molar-refractivity contribution is -0.137. The highest BCUT2D eigenvalue weighted by molar-refractivity contribution is 6.30. The highest BCUT2D eigenvalue weighted by Gasteiger charge is 2.31. The number of benzene rings is 1. The smallest absolute Gasteiger partial charge is 0.297 e. The van der Waals surface area contributed by atoms with Gasteiger partial charge in [0.2, 0.25) is 0 Å². The van der Waals surface area contributed by atoms with Crippen LogP contribution in [0.1, 0.15) is 5.56 Å². The SMILES string of the molecule is O=c1cc(Cl)[nH]c(=O)n1-c1cc(Cl)cc(C(F)(F)F)c1. The number of rotatable bonds is 1. The molecule has 2 rings (SSSR count). The van der Waals surface area contributed by atoms with Crippen molar-refractivity contribution < 1.29 is 13.2 Å². The van der Waals surface area contributed by atoms with E-state index in [9.17, 15) is 22.8 Å². The van der Waals surface area contributed by atoms with E-state index in [4.69, 9.17) is 23.2 Å². The van der Waals surface area contributed by atoms with Crippen LogP contribution in [0.3, 0.4) is 0 Å². The van der Waals surface area contributed by atoms with Crippen molar-refractivity contribution in [2.75, 3.05) is 0 Å². The lowest BCUT2D eigenvalue weighted by atomic mass is 10.2. The maximum absolute atomic E-state index is 12.7. The van der Waals surface area contributed by atoms with Gasteiger partial charge in [0.25, 0.3) is 5.56 Å². The summed E-state index contributed by atoms with van der Waals surface area (Å²) in [5.41, 5.74) is -3.19. The van der Waals surface area contributed by atoms with Crippen molar-refractivity contribution in [3.8, 4) is 5.69 Å². The summed E-state index contributed by atoms with van der Waals surface area (Å²) in [5.74, 6) is 0. The standard InChI is InChI=1S/C11H5Cl2F3N2O2/c12-6-1-5(11(14,15)16)2-7(3-6)18-9(19)4-8(13)17-10(18)20/h1-4H,(H,17,20). The minimum Gasteiger partial charge on any atom is -0.297 e. The van der Waals surface area contributed by atoms with Gasteiger partial charge < -0.3 is 0 Å². The van der Waals surface area contributed by atoms with Gasteiger partial charge in [-0.15, -0.1) is 0 Å². The quantitative estimate of drug-likeness (QED) is 0.820. The molecule has 9 heteroatoms. The van der Waals surface area contributed by atoms with Gasteiger partial charge in [0, 0.05) is 11.1 Å². The zero-order chi connectivity index (χ0) is 15.1. The number of alkyl halides is 3. The first-order valence-electron chi connectivity index (χ1n) is 5.08. The molecule has 0 amide bonds. The summed E-state index contributed by atoms with van der Waals surface area (Å²) in [5, 5.41) is -0.467. The molecule has 4 nitrogen and oxygen atoms in total. The first kappa shape index (κ1) is 14.7. The van der Waals surface area contributed by atoms with E-state index in [0.29, 0.717) is 16.7 Å². The van der Waals surface area contributed by atoms with Gasteiger partial charge in [0.1, 0.15) is 5.15 Å². The van der Waals surface area contributed by atoms with Gasteiger partial charge in [0.15, 0.2) is 0 Å². The maximum atomic E-state index is 12.7. The second-order valence-electron chi connectivity index (χ2n) is 3.79. The van der Waals surface area contributed by atoms with Gasteiger partial charge in [0.05, 0.1) is 11.3 Å². The number of aromatic amines is 1. The molecule has 0 bridgehead atoms. The first-order chi connectivity index (χ1) is 9.18. The Morgan fingerprint density at radius 2 is 1.70 bits per heavy atom. The van der Waals surface area contributed by atoms with Crippen LogP contribution in [0.5, 0.6) is 0 Å². The summed E-state index contributed by atoms with van der Waals surface area (Å²) in [6.45, 7) is 0. The molecule has 0 aliphatic carbocycles. The fraction of sp³-hybridized carbons (Fsp3) is 0.0909. The van der Waals surface area contributed by atoms with Crippen molar-refractivity contribution in [3.05, 3.63) is 60.8 Å². The van der Waals surface area contributed by atoms with Crippen molar-refractivity contribution in [2.45, 2.75) is 6.18 Å². The Balaban J connectivity index is 2.75. The van der Waals surface area contributed by atoms with Crippen molar-refractivity contribution in [1.82, 2.24) is 9.55 Å². The van der Waals surface area contributed by atoms with Gasteiger partial charge in [-0.3, -0.25) is 9.78 Å². The Labute approximate surface area is 119 Å². The molecule has 0 radical (unpaired) electrons. The Hall–Kier alpha value is -1.73. The van der Waals surface area contributed by atoms with Crippen LogP contribution in [0.4, 0.5) is 13.2 Å². The van der Waals surface area contributed by atoms with Crippen LogP contribution >= 0.6 is 23.2 Å². The second kappa shape index (κ2) is 4.99. The van der Waals surface area contributed by atoms with Gasteiger partial charge in [-0.25, -0.2) is 9.36 Å². The summed E-state index contributed by atoms with van der Waals surface area (Å²) in [6, 6.07) is 3.29. The Bertz CT molecular complexity index is 749. The highest BCUT2D eigenvalue weighted by Crippen LogP contribution is 2.32. The van der Waals surface area contributed by atoms with Gasteiger partial charge in [-0.2, -0.15) is 13.2 Å². The molecule has 0 aliphatic rings. The molecular weight excluding hydrogens is 320 g/mol. The van der Waals surface area contributed by atoms with Crippen LogP contribution in [0.15, 0.2) is 33.9 Å². The van der Waals surface area contributed by atoms with Crippen molar-refractivity contribution >= 4 is 23.2 Å². The number of hydrogen-bond donors (Lipinski definition) is 1. The molecule has 1 aromatic carbocycles. The molecule has 2 aromatic rings. The van der Waals surface area contributed by atoms with Gasteiger partial charge in [-0.05, 0) is 18.2 Å². The summed E-state index contributed by atoms with van der Waals surface area (Å²) in [4.78, 5) is 25.4. The van der Waals surface area contributed by atoms with Crippen molar-refractivity contribution in [2.24, 2.45) is 0 Å². The van der Waals surface area contributed by atoms with E-state index < -0.39 is 23.0 Å². The molecule has 106 valence electrons. The van der Waals surface area contributed by atoms with Crippen LogP contribution in [0, 0.1) is 0 Å². The van der Waals surface area contributed by atoms with E-state index in [1.54, 1.807) is 0 Å². The van der Waals surface area contributed by atoms with E-state index in [1.807, 2.05) is 0 Å². The summed E-state index contributed by atoms with van der Waals surface area (Å²) in [7, 11) is 0. The molecule has 0 atom stereocenters. The largest absolute Gasteiger partial charge is 0.416 e. The minimum atomic E-state index is -4.65. The molecule has 0 aliphatic heterocycles. The Morgan fingerprint density at radius 1 is 1.05 bits per heavy atom. The monoisotopic (exact) mass is 324 g/mol. The molecule has 0 saturated heterocycles. The molecule has 1 heterocycles. The van der Waals surface area contributed by atoms with E-state index in [-0.39, 0.29) is 15.9 Å². The predicted molar refractivity (Wildman–Crippen MR) is 67.7 cm³/mol. The van der Waals surface area contributed by atoms with Crippen LogP contribution in [-0.4, -0.2) is 9.55 Å². The average molecular weight is 325 g/mol. The van der Waals surface area contributed by atoms with Crippen LogP contribution < -0.4 is 11.2 Å². The Morgan fingerprint density at radius 3 is 2.25 bits per heavy atom. The minimum absolute atomic E-state index is 0.214. The molecular formula is C11H5Cl2F3N2O2. The fourth-order valence-electron chi connectivity index (χ4n) is 1.58. The number of nitrogens with zero attached hydrogens (tertiary/aromatic N) is 1. The third-order valence-electron chi connectivity index (χ3n) is 2.37. The molecule has 0 unspecified atom stereocenters. The predicted octanol–water partition coefficient (Wildman–Crippen LogP) is 2.85. The molecule has 0 fully saturated rings. The zero-order valence-corrected chi connectivity index (χ0v) is 11.0. The summed E-state index contributed by atoms with van der Waals surface area (Å²) in [6.07, 6.45) is -4.65. The third-order valence-corrected chi connectivity index (χ3v) is 2.79. The zero-order valence-electron chi connectivity index (χ0n) is 9.46. The summed E-state index contributed by atoms with van der Waals surface area (Å²) < 4.78 is 38.5. The third kappa shape index (κ3) is 2.88. The summed E-state index contributed by atoms with van der Waals surface area (Å²) >= 11 is 11.1. The van der Waals surface area contributed by atoms with Gasteiger partial charge in [-0.1, -0.05) is 23.2 Å². The van der Waals surface area contributed by atoms with Gasteiger partial charge >= 0.3 is 11.9 Å². The number of aromatic nitrogens is 2. The molecule has 0 saturated carbocycles. The maximum Gasteiger partial charge on any atom is 0.416 e. The van der Waals surface area contributed by atoms with E-state index >= 15 is 0 Å². The van der Waals surface area contributed by atoms with Crippen LogP contribution in [0.2, 0.25) is 10.2 Å². The van der Waals surface area contributed by atoms with E-state index in [1.165, 1.54) is 0 Å². The van der Waals surface area contributed by atoms with E-state index in [2.05, 4.69) is 4.98 Å². The topological polar surface area (TPSA) is 54.9 Å². The normalized spacial score (nSPS) is 11.7. The molecule has 0 spiro atoms. The van der Waals surface area contributed by atoms with E-state index in [0.717, 1.165) is 12.1 Å². The number of hydrogen-bond acceptors (Lipinski definition) is 2. The number of H-pyrrole nitrogens is 1. The molecule has 1 N–H and O–H groups in total. The van der Waals surface area contributed by atoms with Crippen LogP contribution in [-0.2, 0) is 6.18 Å². The lowest BCUT2D eigenvalue weighted by Gasteiger charge is -2.10. The second-order valence-corrected chi connectivity index (χ2v) is 4.64. The Kier molecular flexibility index (Phi) is 3.66. The first-order valence-corrected chi connectivity index (χ1v) is 5.84. The number of halogens is 5. The fourth-order valence-corrected chi connectivity index (χ4v) is 1.98. The van der Waals surface area contributed by atoms with Crippen molar-refractivity contribution in [3.63, 3.8) is 0 Å². The number of nitrogens with one attached hydrogen (secondary N) is 1. The van der Waals surface area contributed by atoms with Crippen molar-refractivity contribution in [1.29, 1.82) is 0 Å². The average Bonchev–Trinajstić information content (AvgIpc) is 2.25. The van der Waals surface area contributed by atoms with Crippen LogP contribution in [0.25, 0.3) is 5.69 Å².